The van der Waals surface area contributed by atoms with Crippen LogP contribution in [0.3, 0.4) is 0 Å². The van der Waals surface area contributed by atoms with Crippen LogP contribution in [0.4, 0.5) is 5.69 Å². The zero-order valence-corrected chi connectivity index (χ0v) is 10.6. The first kappa shape index (κ1) is 12.4. The fraction of sp³-hybridized carbons (Fsp3) is 0.333. The molecule has 1 aromatic heterocycles. The third-order valence-corrected chi connectivity index (χ3v) is 2.92. The molecule has 1 amide bonds. The molecule has 1 unspecified atom stereocenters. The van der Waals surface area contributed by atoms with Gasteiger partial charge < -0.3 is 10.1 Å². The van der Waals surface area contributed by atoms with Crippen LogP contribution < -0.4 is 5.32 Å². The van der Waals surface area contributed by atoms with Crippen LogP contribution in [0.5, 0.6) is 0 Å². The van der Waals surface area contributed by atoms with Crippen molar-refractivity contribution in [1.82, 2.24) is 4.98 Å². The number of amides is 1. The molecule has 0 saturated heterocycles. The summed E-state index contributed by atoms with van der Waals surface area (Å²) in [5.74, 6) is -0.228. The third-order valence-electron chi connectivity index (χ3n) is 1.79. The summed E-state index contributed by atoms with van der Waals surface area (Å²) in [7, 11) is 1.47. The fourth-order valence-corrected chi connectivity index (χ4v) is 1.29. The van der Waals surface area contributed by atoms with Crippen molar-refractivity contribution >= 4 is 39.1 Å². The van der Waals surface area contributed by atoms with Gasteiger partial charge in [-0.15, -0.1) is 0 Å². The molecule has 1 heterocycles. The van der Waals surface area contributed by atoms with Crippen LogP contribution in [0.15, 0.2) is 16.7 Å². The van der Waals surface area contributed by atoms with Crippen molar-refractivity contribution in [3.05, 3.63) is 21.9 Å². The van der Waals surface area contributed by atoms with E-state index >= 15 is 0 Å². The topological polar surface area (TPSA) is 51.2 Å². The normalized spacial score (nSPS) is 12.3. The lowest BCUT2D eigenvalue weighted by Gasteiger charge is -2.10. The molecule has 0 saturated carbocycles. The Morgan fingerprint density at radius 3 is 2.93 bits per heavy atom. The Morgan fingerprint density at radius 2 is 2.40 bits per heavy atom. The van der Waals surface area contributed by atoms with E-state index in [1.165, 1.54) is 13.3 Å². The standard InChI is InChI=1S/C9H10BrClN2O2/c1-5(15-2)9(14)13-6-3-7(10)8(11)12-4-6/h3-5H,1-2H3,(H,13,14). The number of pyridine rings is 1. The lowest BCUT2D eigenvalue weighted by Crippen LogP contribution is -2.26. The summed E-state index contributed by atoms with van der Waals surface area (Å²) in [4.78, 5) is 15.3. The predicted molar refractivity (Wildman–Crippen MR) is 62.0 cm³/mol. The molecule has 6 heteroatoms. The highest BCUT2D eigenvalue weighted by Crippen LogP contribution is 2.22. The van der Waals surface area contributed by atoms with Crippen LogP contribution in [0.1, 0.15) is 6.92 Å². The van der Waals surface area contributed by atoms with E-state index in [2.05, 4.69) is 26.2 Å². The number of hydrogen-bond acceptors (Lipinski definition) is 3. The molecule has 0 radical (unpaired) electrons. The molecule has 1 atom stereocenters. The number of nitrogens with one attached hydrogen (secondary N) is 1. The Bertz CT molecular complexity index is 373. The van der Waals surface area contributed by atoms with Crippen molar-refractivity contribution in [2.24, 2.45) is 0 Å². The number of aromatic nitrogens is 1. The second kappa shape index (κ2) is 5.44. The molecule has 0 aliphatic rings. The zero-order valence-electron chi connectivity index (χ0n) is 8.25. The second-order valence-electron chi connectivity index (χ2n) is 2.86. The monoisotopic (exact) mass is 292 g/mol. The van der Waals surface area contributed by atoms with Gasteiger partial charge >= 0.3 is 0 Å². The van der Waals surface area contributed by atoms with E-state index in [0.717, 1.165) is 0 Å². The molecule has 1 rings (SSSR count). The van der Waals surface area contributed by atoms with Crippen LogP contribution in [-0.2, 0) is 9.53 Å². The number of ether oxygens (including phenoxy) is 1. The number of hydrogen-bond donors (Lipinski definition) is 1. The van der Waals surface area contributed by atoms with Gasteiger partial charge in [0.15, 0.2) is 0 Å². The maximum atomic E-state index is 11.4. The molecule has 0 bridgehead atoms. The van der Waals surface area contributed by atoms with Crippen LogP contribution in [0.25, 0.3) is 0 Å². The summed E-state index contributed by atoms with van der Waals surface area (Å²) >= 11 is 8.92. The molecule has 0 aromatic carbocycles. The van der Waals surface area contributed by atoms with Gasteiger partial charge in [0.05, 0.1) is 16.4 Å². The Balaban J connectivity index is 2.73. The Morgan fingerprint density at radius 1 is 1.73 bits per heavy atom. The van der Waals surface area contributed by atoms with Gasteiger partial charge in [0.2, 0.25) is 0 Å². The van der Waals surface area contributed by atoms with E-state index in [0.29, 0.717) is 15.3 Å². The highest BCUT2D eigenvalue weighted by molar-refractivity contribution is 9.10. The lowest BCUT2D eigenvalue weighted by atomic mass is 10.3. The van der Waals surface area contributed by atoms with Gasteiger partial charge in [-0.05, 0) is 28.9 Å². The summed E-state index contributed by atoms with van der Waals surface area (Å²) in [6.07, 6.45) is 0.979. The molecule has 15 heavy (non-hydrogen) atoms. The van der Waals surface area contributed by atoms with Crippen LogP contribution >= 0.6 is 27.5 Å². The average molecular weight is 294 g/mol. The SMILES string of the molecule is COC(C)C(=O)Nc1cnc(Cl)c(Br)c1. The second-order valence-corrected chi connectivity index (χ2v) is 4.08. The molecule has 0 aliphatic heterocycles. The quantitative estimate of drug-likeness (QED) is 0.871. The van der Waals surface area contributed by atoms with E-state index in [9.17, 15) is 4.79 Å². The summed E-state index contributed by atoms with van der Waals surface area (Å²) in [6.45, 7) is 1.66. The van der Waals surface area contributed by atoms with Crippen LogP contribution in [-0.4, -0.2) is 24.1 Å². The van der Waals surface area contributed by atoms with Gasteiger partial charge in [-0.25, -0.2) is 4.98 Å². The lowest BCUT2D eigenvalue weighted by molar-refractivity contribution is -0.124. The van der Waals surface area contributed by atoms with Gasteiger partial charge in [-0.2, -0.15) is 0 Å². The molecule has 82 valence electrons. The van der Waals surface area contributed by atoms with Crippen LogP contribution in [0, 0.1) is 0 Å². The largest absolute Gasteiger partial charge is 0.372 e. The van der Waals surface area contributed by atoms with Crippen LogP contribution in [0.2, 0.25) is 5.15 Å². The Kier molecular flexibility index (Phi) is 4.50. The highest BCUT2D eigenvalue weighted by atomic mass is 79.9. The maximum Gasteiger partial charge on any atom is 0.253 e. The Hall–Kier alpha value is -0.650. The summed E-state index contributed by atoms with van der Waals surface area (Å²) in [6, 6.07) is 1.68. The molecule has 4 nitrogen and oxygen atoms in total. The molecule has 0 fully saturated rings. The molecule has 0 aliphatic carbocycles. The zero-order chi connectivity index (χ0) is 11.4. The summed E-state index contributed by atoms with van der Waals surface area (Å²) in [5.41, 5.74) is 0.570. The first-order valence-corrected chi connectivity index (χ1v) is 5.36. The van der Waals surface area contributed by atoms with Gasteiger partial charge in [0.1, 0.15) is 11.3 Å². The third kappa shape index (κ3) is 3.44. The van der Waals surface area contributed by atoms with E-state index in [-0.39, 0.29) is 5.91 Å². The fourth-order valence-electron chi connectivity index (χ4n) is 0.841. The maximum absolute atomic E-state index is 11.4. The molecule has 1 aromatic rings. The van der Waals surface area contributed by atoms with E-state index in [1.54, 1.807) is 13.0 Å². The number of rotatable bonds is 3. The van der Waals surface area contributed by atoms with Crippen molar-refractivity contribution < 1.29 is 9.53 Å². The van der Waals surface area contributed by atoms with Crippen molar-refractivity contribution in [3.8, 4) is 0 Å². The van der Waals surface area contributed by atoms with Gasteiger partial charge in [0, 0.05) is 7.11 Å². The van der Waals surface area contributed by atoms with Crippen molar-refractivity contribution in [2.45, 2.75) is 13.0 Å². The number of anilines is 1. The van der Waals surface area contributed by atoms with E-state index in [1.807, 2.05) is 0 Å². The number of carbonyl (C=O) groups is 1. The minimum Gasteiger partial charge on any atom is -0.372 e. The minimum atomic E-state index is -0.501. The minimum absolute atomic E-state index is 0.228. The first-order valence-electron chi connectivity index (χ1n) is 4.19. The molecular weight excluding hydrogens is 283 g/mol. The average Bonchev–Trinajstić information content (AvgIpc) is 2.22. The predicted octanol–water partition coefficient (Wildman–Crippen LogP) is 2.47. The highest BCUT2D eigenvalue weighted by Gasteiger charge is 2.12. The van der Waals surface area contributed by atoms with Gasteiger partial charge in [-0.1, -0.05) is 11.6 Å². The van der Waals surface area contributed by atoms with Crippen molar-refractivity contribution in [2.75, 3.05) is 12.4 Å². The number of nitrogens with zero attached hydrogens (tertiary/aromatic N) is 1. The molecule has 0 spiro atoms. The van der Waals surface area contributed by atoms with Crippen molar-refractivity contribution in [1.29, 1.82) is 0 Å². The number of methoxy groups -OCH3 is 1. The summed E-state index contributed by atoms with van der Waals surface area (Å²) in [5, 5.41) is 3.00. The first-order chi connectivity index (χ1) is 7.04. The molecule has 1 N–H and O–H groups in total. The smallest absolute Gasteiger partial charge is 0.253 e. The molecular formula is C9H10BrClN2O2. The van der Waals surface area contributed by atoms with Gasteiger partial charge in [0.25, 0.3) is 5.91 Å². The van der Waals surface area contributed by atoms with E-state index < -0.39 is 6.10 Å². The van der Waals surface area contributed by atoms with Gasteiger partial charge in [-0.3, -0.25) is 4.79 Å². The summed E-state index contributed by atoms with van der Waals surface area (Å²) < 4.78 is 5.50. The van der Waals surface area contributed by atoms with Crippen molar-refractivity contribution in [3.63, 3.8) is 0 Å². The number of halogens is 2. The Labute approximate surface area is 101 Å². The number of carbonyl (C=O) groups excluding carboxylic acids is 1. The van der Waals surface area contributed by atoms with E-state index in [4.69, 9.17) is 16.3 Å².